The van der Waals surface area contributed by atoms with Gasteiger partial charge in [-0.2, -0.15) is 0 Å². The van der Waals surface area contributed by atoms with Crippen molar-refractivity contribution in [3.8, 4) is 22.3 Å². The van der Waals surface area contributed by atoms with Crippen molar-refractivity contribution >= 4 is 26.6 Å². The van der Waals surface area contributed by atoms with Crippen LogP contribution in [0.1, 0.15) is 0 Å². The van der Waals surface area contributed by atoms with E-state index in [4.69, 9.17) is 15.7 Å². The molecule has 22 heavy (non-hydrogen) atoms. The highest BCUT2D eigenvalue weighted by molar-refractivity contribution is 6.32. The third-order valence-electron chi connectivity index (χ3n) is 3.53. The van der Waals surface area contributed by atoms with Crippen LogP contribution in [0.4, 0.5) is 8.78 Å². The second-order valence-electron chi connectivity index (χ2n) is 5.03. The molecule has 0 nitrogen and oxygen atoms in total. The number of benzene rings is 3. The summed E-state index contributed by atoms with van der Waals surface area (Å²) in [5.74, 6) is -1.75. The van der Waals surface area contributed by atoms with Crippen LogP contribution in [0.25, 0.3) is 22.3 Å². The summed E-state index contributed by atoms with van der Waals surface area (Å²) in [6.07, 6.45) is 0. The molecule has 0 fully saturated rings. The second kappa shape index (κ2) is 5.80. The molecule has 0 aliphatic carbocycles. The van der Waals surface area contributed by atoms with E-state index in [9.17, 15) is 8.78 Å². The zero-order chi connectivity index (χ0) is 15.7. The van der Waals surface area contributed by atoms with Gasteiger partial charge in [0.2, 0.25) is 0 Å². The average Bonchev–Trinajstić information content (AvgIpc) is 2.52. The number of halogens is 2. The maximum atomic E-state index is 14.4. The first-order valence-electron chi connectivity index (χ1n) is 6.76. The summed E-state index contributed by atoms with van der Waals surface area (Å²) in [5.41, 5.74) is 2.71. The molecule has 102 valence electrons. The van der Waals surface area contributed by atoms with Gasteiger partial charge in [0.1, 0.15) is 15.7 Å². The van der Waals surface area contributed by atoms with Crippen LogP contribution in [-0.2, 0) is 0 Å². The minimum absolute atomic E-state index is 0.205. The molecule has 4 radical (unpaired) electrons. The molecular weight excluding hydrogens is 276 g/mol. The van der Waals surface area contributed by atoms with Crippen LogP contribution in [0.3, 0.4) is 0 Å². The second-order valence-corrected chi connectivity index (χ2v) is 5.03. The van der Waals surface area contributed by atoms with Crippen molar-refractivity contribution < 1.29 is 8.78 Å². The van der Waals surface area contributed by atoms with E-state index >= 15 is 0 Å². The van der Waals surface area contributed by atoms with E-state index in [0.717, 1.165) is 0 Å². The highest BCUT2D eigenvalue weighted by atomic mass is 19.2. The summed E-state index contributed by atoms with van der Waals surface area (Å²) >= 11 is 0. The molecule has 0 saturated heterocycles. The first kappa shape index (κ1) is 14.6. The van der Waals surface area contributed by atoms with E-state index in [1.54, 1.807) is 60.7 Å². The average molecular weight is 286 g/mol. The van der Waals surface area contributed by atoms with Crippen LogP contribution in [0.2, 0.25) is 0 Å². The molecular formula is C18H10B2F2. The molecule has 0 spiro atoms. The third-order valence-corrected chi connectivity index (χ3v) is 3.53. The van der Waals surface area contributed by atoms with Gasteiger partial charge in [-0.1, -0.05) is 71.6 Å². The molecule has 3 rings (SSSR count). The van der Waals surface area contributed by atoms with Crippen molar-refractivity contribution in [3.05, 3.63) is 72.3 Å². The van der Waals surface area contributed by atoms with Crippen LogP contribution in [0.15, 0.2) is 60.7 Å². The van der Waals surface area contributed by atoms with Crippen molar-refractivity contribution in [1.82, 2.24) is 0 Å². The van der Waals surface area contributed by atoms with Crippen LogP contribution >= 0.6 is 0 Å². The number of hydrogen-bond acceptors (Lipinski definition) is 0. The van der Waals surface area contributed by atoms with Gasteiger partial charge in [-0.15, -0.1) is 0 Å². The minimum Gasteiger partial charge on any atom is -0.203 e. The Balaban J connectivity index is 2.08. The van der Waals surface area contributed by atoms with Crippen molar-refractivity contribution in [2.45, 2.75) is 0 Å². The smallest absolute Gasteiger partial charge is 0.167 e. The summed E-state index contributed by atoms with van der Waals surface area (Å²) in [6, 6.07) is 16.4. The third kappa shape index (κ3) is 2.69. The molecule has 0 aliphatic heterocycles. The largest absolute Gasteiger partial charge is 0.203 e. The molecule has 0 N–H and O–H groups in total. The summed E-state index contributed by atoms with van der Waals surface area (Å²) in [7, 11) is 11.2. The fourth-order valence-electron chi connectivity index (χ4n) is 2.32. The lowest BCUT2D eigenvalue weighted by molar-refractivity contribution is 0.514. The predicted molar refractivity (Wildman–Crippen MR) is 88.0 cm³/mol. The van der Waals surface area contributed by atoms with Gasteiger partial charge in [-0.25, -0.2) is 8.78 Å². The monoisotopic (exact) mass is 286 g/mol. The van der Waals surface area contributed by atoms with Gasteiger partial charge in [0.15, 0.2) is 11.6 Å². The SMILES string of the molecule is [B]c1ccc(-c2ccc(-c3ccc([B])cc3)c(F)c2F)cc1. The van der Waals surface area contributed by atoms with Gasteiger partial charge in [-0.05, 0) is 11.1 Å². The van der Waals surface area contributed by atoms with E-state index in [2.05, 4.69) is 0 Å². The van der Waals surface area contributed by atoms with E-state index < -0.39 is 11.6 Å². The quantitative estimate of drug-likeness (QED) is 0.635. The van der Waals surface area contributed by atoms with Crippen LogP contribution < -0.4 is 10.9 Å². The van der Waals surface area contributed by atoms with Gasteiger partial charge in [0.25, 0.3) is 0 Å². The Morgan fingerprint density at radius 3 is 1.14 bits per heavy atom. The Bertz CT molecular complexity index is 739. The van der Waals surface area contributed by atoms with Crippen molar-refractivity contribution in [2.75, 3.05) is 0 Å². The van der Waals surface area contributed by atoms with Gasteiger partial charge in [-0.3, -0.25) is 0 Å². The minimum atomic E-state index is -0.876. The Kier molecular flexibility index (Phi) is 3.84. The van der Waals surface area contributed by atoms with Crippen molar-refractivity contribution in [3.63, 3.8) is 0 Å². The normalized spacial score (nSPS) is 10.6. The van der Waals surface area contributed by atoms with E-state index in [1.165, 1.54) is 0 Å². The Labute approximate surface area is 130 Å². The standard InChI is InChI=1S/C18H10B2F2/c19-13-5-1-11(2-6-13)15-9-10-16(18(22)17(15)21)12-3-7-14(20)8-4-12/h1-10H. The highest BCUT2D eigenvalue weighted by Crippen LogP contribution is 2.30. The van der Waals surface area contributed by atoms with Crippen molar-refractivity contribution in [1.29, 1.82) is 0 Å². The molecule has 0 unspecified atom stereocenters. The lowest BCUT2D eigenvalue weighted by atomic mass is 9.91. The predicted octanol–water partition coefficient (Wildman–Crippen LogP) is 2.89. The van der Waals surface area contributed by atoms with Gasteiger partial charge in [0.05, 0.1) is 0 Å². The Hall–Kier alpha value is -2.35. The Morgan fingerprint density at radius 2 is 0.818 bits per heavy atom. The molecule has 0 aromatic heterocycles. The van der Waals surface area contributed by atoms with Gasteiger partial charge in [0, 0.05) is 11.1 Å². The first-order valence-corrected chi connectivity index (χ1v) is 6.76. The molecule has 0 saturated carbocycles. The molecule has 3 aromatic carbocycles. The molecule has 0 aliphatic rings. The van der Waals surface area contributed by atoms with E-state index in [1.807, 2.05) is 0 Å². The zero-order valence-corrected chi connectivity index (χ0v) is 11.7. The molecule has 0 amide bonds. The maximum Gasteiger partial charge on any atom is 0.167 e. The van der Waals surface area contributed by atoms with E-state index in [-0.39, 0.29) is 11.1 Å². The van der Waals surface area contributed by atoms with E-state index in [0.29, 0.717) is 22.1 Å². The van der Waals surface area contributed by atoms with Crippen LogP contribution in [0, 0.1) is 11.6 Å². The fourth-order valence-corrected chi connectivity index (χ4v) is 2.32. The molecule has 0 atom stereocenters. The molecule has 3 aromatic rings. The summed E-state index contributed by atoms with van der Waals surface area (Å²) in [6.45, 7) is 0. The summed E-state index contributed by atoms with van der Waals surface area (Å²) in [4.78, 5) is 0. The fraction of sp³-hybridized carbons (Fsp3) is 0. The van der Waals surface area contributed by atoms with Gasteiger partial charge >= 0.3 is 0 Å². The lowest BCUT2D eigenvalue weighted by Crippen LogP contribution is -2.01. The molecule has 0 bridgehead atoms. The van der Waals surface area contributed by atoms with Crippen LogP contribution in [0.5, 0.6) is 0 Å². The van der Waals surface area contributed by atoms with Crippen molar-refractivity contribution in [2.24, 2.45) is 0 Å². The molecule has 4 heteroatoms. The molecule has 0 heterocycles. The lowest BCUT2D eigenvalue weighted by Gasteiger charge is -2.10. The summed E-state index contributed by atoms with van der Waals surface area (Å²) in [5, 5.41) is 0. The highest BCUT2D eigenvalue weighted by Gasteiger charge is 2.15. The number of hydrogen-bond donors (Lipinski definition) is 0. The topological polar surface area (TPSA) is 0 Å². The zero-order valence-electron chi connectivity index (χ0n) is 11.7. The summed E-state index contributed by atoms with van der Waals surface area (Å²) < 4.78 is 28.8. The number of rotatable bonds is 2. The van der Waals surface area contributed by atoms with Gasteiger partial charge < -0.3 is 0 Å². The maximum absolute atomic E-state index is 14.4. The Morgan fingerprint density at radius 1 is 0.500 bits per heavy atom. The van der Waals surface area contributed by atoms with Crippen LogP contribution in [-0.4, -0.2) is 15.7 Å². The first-order chi connectivity index (χ1) is 10.6.